The molecule has 0 amide bonds. The van der Waals surface area contributed by atoms with Crippen LogP contribution in [0.25, 0.3) is 0 Å². The first-order valence-electron chi connectivity index (χ1n) is 5.00. The molecule has 16 heavy (non-hydrogen) atoms. The number of nitrogens with two attached hydrogens (primary N) is 1. The van der Waals surface area contributed by atoms with Crippen LogP contribution in [0.4, 0.5) is 5.69 Å². The minimum Gasteiger partial charge on any atom is -0.437 e. The summed E-state index contributed by atoms with van der Waals surface area (Å²) < 4.78 is 5.59. The average Bonchev–Trinajstić information content (AvgIpc) is 2.20. The number of aromatic nitrogens is 2. The molecule has 1 heterocycles. The summed E-state index contributed by atoms with van der Waals surface area (Å²) in [5.74, 6) is 1.81. The van der Waals surface area contributed by atoms with Gasteiger partial charge in [0.15, 0.2) is 5.75 Å². The maximum Gasteiger partial charge on any atom is 0.222 e. The maximum atomic E-state index is 5.78. The zero-order valence-corrected chi connectivity index (χ0v) is 9.27. The highest BCUT2D eigenvalue weighted by Crippen LogP contribution is 2.25. The maximum absolute atomic E-state index is 5.78. The van der Waals surface area contributed by atoms with Gasteiger partial charge in [0.2, 0.25) is 5.88 Å². The molecule has 0 radical (unpaired) electrons. The summed E-state index contributed by atoms with van der Waals surface area (Å²) in [6.07, 6.45) is 0. The SMILES string of the molecule is Cc1cc(Oc2ccccc2N)nc(C)n1. The van der Waals surface area contributed by atoms with E-state index in [4.69, 9.17) is 10.5 Å². The normalized spacial score (nSPS) is 10.1. The first kappa shape index (κ1) is 10.4. The van der Waals surface area contributed by atoms with Gasteiger partial charge < -0.3 is 10.5 Å². The molecule has 0 saturated heterocycles. The van der Waals surface area contributed by atoms with E-state index in [1.54, 1.807) is 12.1 Å². The molecular weight excluding hydrogens is 202 g/mol. The van der Waals surface area contributed by atoms with E-state index in [1.807, 2.05) is 32.0 Å². The molecule has 0 spiro atoms. The standard InChI is InChI=1S/C12H13N3O/c1-8-7-12(15-9(2)14-8)16-11-6-4-3-5-10(11)13/h3-7H,13H2,1-2H3. The van der Waals surface area contributed by atoms with E-state index >= 15 is 0 Å². The zero-order valence-electron chi connectivity index (χ0n) is 9.27. The molecule has 0 aliphatic rings. The van der Waals surface area contributed by atoms with E-state index in [9.17, 15) is 0 Å². The molecule has 0 bridgehead atoms. The van der Waals surface area contributed by atoms with Gasteiger partial charge in [-0.15, -0.1) is 0 Å². The van der Waals surface area contributed by atoms with E-state index in [2.05, 4.69) is 9.97 Å². The molecule has 0 fully saturated rings. The van der Waals surface area contributed by atoms with Crippen molar-refractivity contribution in [2.24, 2.45) is 0 Å². The first-order valence-corrected chi connectivity index (χ1v) is 5.00. The highest BCUT2D eigenvalue weighted by Gasteiger charge is 2.03. The molecule has 0 unspecified atom stereocenters. The summed E-state index contributed by atoms with van der Waals surface area (Å²) in [5.41, 5.74) is 7.24. The monoisotopic (exact) mass is 215 g/mol. The third kappa shape index (κ3) is 2.28. The number of hydrogen-bond acceptors (Lipinski definition) is 4. The molecule has 0 aliphatic carbocycles. The Labute approximate surface area is 94.1 Å². The third-order valence-corrected chi connectivity index (χ3v) is 2.08. The molecule has 0 aliphatic heterocycles. The number of para-hydroxylation sites is 2. The van der Waals surface area contributed by atoms with Gasteiger partial charge in [-0.25, -0.2) is 4.98 Å². The van der Waals surface area contributed by atoms with Crippen molar-refractivity contribution in [1.82, 2.24) is 9.97 Å². The molecule has 2 rings (SSSR count). The van der Waals surface area contributed by atoms with Gasteiger partial charge in [0.25, 0.3) is 0 Å². The number of nitrogens with zero attached hydrogens (tertiary/aromatic N) is 2. The van der Waals surface area contributed by atoms with Crippen LogP contribution in [0.2, 0.25) is 0 Å². The Kier molecular flexibility index (Phi) is 2.72. The lowest BCUT2D eigenvalue weighted by Gasteiger charge is -2.07. The average molecular weight is 215 g/mol. The predicted molar refractivity (Wildman–Crippen MR) is 62.4 cm³/mol. The molecule has 2 aromatic rings. The van der Waals surface area contributed by atoms with E-state index in [0.717, 1.165) is 5.69 Å². The first-order chi connectivity index (χ1) is 7.65. The van der Waals surface area contributed by atoms with Crippen molar-refractivity contribution in [2.75, 3.05) is 5.73 Å². The van der Waals surface area contributed by atoms with Crippen molar-refractivity contribution >= 4 is 5.69 Å². The van der Waals surface area contributed by atoms with Gasteiger partial charge >= 0.3 is 0 Å². The fourth-order valence-corrected chi connectivity index (χ4v) is 1.42. The van der Waals surface area contributed by atoms with Crippen molar-refractivity contribution in [1.29, 1.82) is 0 Å². The van der Waals surface area contributed by atoms with Gasteiger partial charge in [0, 0.05) is 11.8 Å². The smallest absolute Gasteiger partial charge is 0.222 e. The van der Waals surface area contributed by atoms with Crippen molar-refractivity contribution in [2.45, 2.75) is 13.8 Å². The molecular formula is C12H13N3O. The molecule has 0 saturated carbocycles. The van der Waals surface area contributed by atoms with Crippen molar-refractivity contribution in [3.8, 4) is 11.6 Å². The Morgan fingerprint density at radius 2 is 1.88 bits per heavy atom. The zero-order chi connectivity index (χ0) is 11.5. The molecule has 0 atom stereocenters. The molecule has 4 heteroatoms. The lowest BCUT2D eigenvalue weighted by molar-refractivity contribution is 0.461. The van der Waals surface area contributed by atoms with Crippen LogP contribution in [0, 0.1) is 13.8 Å². The van der Waals surface area contributed by atoms with Gasteiger partial charge in [0.05, 0.1) is 5.69 Å². The Morgan fingerprint density at radius 1 is 1.12 bits per heavy atom. The highest BCUT2D eigenvalue weighted by atomic mass is 16.5. The minimum absolute atomic E-state index is 0.517. The number of rotatable bonds is 2. The quantitative estimate of drug-likeness (QED) is 0.782. The summed E-state index contributed by atoms with van der Waals surface area (Å²) in [4.78, 5) is 8.36. The fourth-order valence-electron chi connectivity index (χ4n) is 1.42. The van der Waals surface area contributed by atoms with Crippen LogP contribution < -0.4 is 10.5 Å². The Hall–Kier alpha value is -2.10. The van der Waals surface area contributed by atoms with E-state index in [0.29, 0.717) is 23.1 Å². The summed E-state index contributed by atoms with van der Waals surface area (Å²) in [6.45, 7) is 3.73. The Balaban J connectivity index is 2.30. The number of nitrogen functional groups attached to an aromatic ring is 1. The van der Waals surface area contributed by atoms with Crippen LogP contribution >= 0.6 is 0 Å². The molecule has 4 nitrogen and oxygen atoms in total. The Bertz CT molecular complexity index is 491. The third-order valence-electron chi connectivity index (χ3n) is 2.08. The van der Waals surface area contributed by atoms with E-state index < -0.39 is 0 Å². The summed E-state index contributed by atoms with van der Waals surface area (Å²) in [7, 11) is 0. The predicted octanol–water partition coefficient (Wildman–Crippen LogP) is 2.47. The summed E-state index contributed by atoms with van der Waals surface area (Å²) in [5, 5.41) is 0. The largest absolute Gasteiger partial charge is 0.437 e. The molecule has 2 N–H and O–H groups in total. The minimum atomic E-state index is 0.517. The van der Waals surface area contributed by atoms with Crippen LogP contribution in [0.15, 0.2) is 30.3 Å². The molecule has 1 aromatic carbocycles. The van der Waals surface area contributed by atoms with Crippen LogP contribution in [-0.2, 0) is 0 Å². The van der Waals surface area contributed by atoms with Crippen LogP contribution in [-0.4, -0.2) is 9.97 Å². The van der Waals surface area contributed by atoms with Crippen molar-refractivity contribution in [3.05, 3.63) is 41.9 Å². The summed E-state index contributed by atoms with van der Waals surface area (Å²) in [6, 6.07) is 9.10. The number of hydrogen-bond donors (Lipinski definition) is 1. The second-order valence-corrected chi connectivity index (χ2v) is 3.53. The fraction of sp³-hybridized carbons (Fsp3) is 0.167. The number of anilines is 1. The van der Waals surface area contributed by atoms with Gasteiger partial charge in [-0.2, -0.15) is 4.98 Å². The molecule has 1 aromatic heterocycles. The summed E-state index contributed by atoms with van der Waals surface area (Å²) >= 11 is 0. The Morgan fingerprint density at radius 3 is 2.56 bits per heavy atom. The number of ether oxygens (including phenoxy) is 1. The molecule has 82 valence electrons. The van der Waals surface area contributed by atoms with Gasteiger partial charge in [-0.05, 0) is 26.0 Å². The number of aryl methyl sites for hydroxylation is 2. The topological polar surface area (TPSA) is 61.0 Å². The van der Waals surface area contributed by atoms with Gasteiger partial charge in [-0.1, -0.05) is 12.1 Å². The van der Waals surface area contributed by atoms with Gasteiger partial charge in [0.1, 0.15) is 5.82 Å². The van der Waals surface area contributed by atoms with Gasteiger partial charge in [-0.3, -0.25) is 0 Å². The highest BCUT2D eigenvalue weighted by molar-refractivity contribution is 5.53. The second-order valence-electron chi connectivity index (χ2n) is 3.53. The van der Waals surface area contributed by atoms with E-state index in [-0.39, 0.29) is 0 Å². The van der Waals surface area contributed by atoms with Crippen LogP contribution in [0.3, 0.4) is 0 Å². The van der Waals surface area contributed by atoms with Crippen LogP contribution in [0.1, 0.15) is 11.5 Å². The van der Waals surface area contributed by atoms with E-state index in [1.165, 1.54) is 0 Å². The van der Waals surface area contributed by atoms with Crippen LogP contribution in [0.5, 0.6) is 11.6 Å². The number of benzene rings is 1. The lowest BCUT2D eigenvalue weighted by atomic mass is 10.3. The van der Waals surface area contributed by atoms with Crippen molar-refractivity contribution in [3.63, 3.8) is 0 Å². The van der Waals surface area contributed by atoms with Crippen molar-refractivity contribution < 1.29 is 4.74 Å². The lowest BCUT2D eigenvalue weighted by Crippen LogP contribution is -1.97. The second kappa shape index (κ2) is 4.18.